The molecule has 15 heteroatoms. The molecule has 288 valence electrons. The highest BCUT2D eigenvalue weighted by Gasteiger charge is 2.39. The van der Waals surface area contributed by atoms with Gasteiger partial charge in [-0.05, 0) is 83.9 Å². The molecule has 5 amide bonds. The van der Waals surface area contributed by atoms with E-state index in [1.165, 1.54) is 11.0 Å². The van der Waals surface area contributed by atoms with Crippen LogP contribution in [0, 0.1) is 6.92 Å². The maximum Gasteiger partial charge on any atom is 0.409 e. The van der Waals surface area contributed by atoms with Crippen molar-refractivity contribution in [1.29, 1.82) is 0 Å². The third-order valence-corrected chi connectivity index (χ3v) is 9.96. The van der Waals surface area contributed by atoms with E-state index in [4.69, 9.17) is 14.2 Å². The lowest BCUT2D eigenvalue weighted by Crippen LogP contribution is -2.56. The van der Waals surface area contributed by atoms with E-state index in [1.54, 1.807) is 36.6 Å². The lowest BCUT2D eigenvalue weighted by Gasteiger charge is -2.36. The molecule has 3 saturated heterocycles. The summed E-state index contributed by atoms with van der Waals surface area (Å²) < 4.78 is 16.4. The van der Waals surface area contributed by atoms with Crippen LogP contribution >= 0.6 is 0 Å². The molecule has 3 aliphatic heterocycles. The number of carbonyl (C=O) groups excluding carboxylic acids is 6. The molecule has 1 aromatic heterocycles. The Balaban J connectivity index is 1.34. The molecule has 0 bridgehead atoms. The van der Waals surface area contributed by atoms with Gasteiger partial charge in [-0.25, -0.2) is 9.78 Å². The number of nitrogens with one attached hydrogen (secondary N) is 1. The molecule has 3 aliphatic rings. The van der Waals surface area contributed by atoms with Crippen LogP contribution in [0.25, 0.3) is 10.9 Å². The van der Waals surface area contributed by atoms with Crippen LogP contribution in [-0.2, 0) is 28.7 Å². The summed E-state index contributed by atoms with van der Waals surface area (Å²) >= 11 is 0. The normalized spacial score (nSPS) is 18.7. The zero-order valence-corrected chi connectivity index (χ0v) is 31.3. The van der Waals surface area contributed by atoms with Crippen LogP contribution in [0.3, 0.4) is 0 Å². The summed E-state index contributed by atoms with van der Waals surface area (Å²) in [6.07, 6.45) is 2.80. The number of piperidine rings is 1. The quantitative estimate of drug-likeness (QED) is 0.320. The topological polar surface area (TPSA) is 168 Å². The predicted molar refractivity (Wildman–Crippen MR) is 194 cm³/mol. The lowest BCUT2D eigenvalue weighted by molar-refractivity contribution is -0.147. The van der Waals surface area contributed by atoms with Gasteiger partial charge in [0.05, 0.1) is 18.7 Å². The zero-order chi connectivity index (χ0) is 38.1. The largest absolute Gasteiger partial charge is 0.480 e. The summed E-state index contributed by atoms with van der Waals surface area (Å²) in [6.45, 7) is 10.2. The zero-order valence-electron chi connectivity index (χ0n) is 31.3. The molecule has 15 nitrogen and oxygen atoms in total. The number of aromatic nitrogens is 1. The number of piperazine rings is 1. The van der Waals surface area contributed by atoms with Crippen LogP contribution < -0.4 is 10.1 Å². The molecule has 1 aromatic carbocycles. The number of hydrogen-bond acceptors (Lipinski definition) is 10. The molecule has 1 N–H and O–H groups in total. The maximum absolute atomic E-state index is 13.9. The van der Waals surface area contributed by atoms with Gasteiger partial charge in [-0.1, -0.05) is 6.07 Å². The molecule has 2 aromatic rings. The van der Waals surface area contributed by atoms with Crippen molar-refractivity contribution in [3.63, 3.8) is 0 Å². The van der Waals surface area contributed by atoms with Gasteiger partial charge in [0.1, 0.15) is 23.5 Å². The van der Waals surface area contributed by atoms with Gasteiger partial charge in [-0.3, -0.25) is 24.0 Å². The molecule has 53 heavy (non-hydrogen) atoms. The Hall–Kier alpha value is -4.95. The molecule has 5 rings (SSSR count). The van der Waals surface area contributed by atoms with E-state index in [9.17, 15) is 28.8 Å². The van der Waals surface area contributed by atoms with Gasteiger partial charge in [0, 0.05) is 63.7 Å². The summed E-state index contributed by atoms with van der Waals surface area (Å²) in [5, 5.41) is 3.37. The second-order valence-corrected chi connectivity index (χ2v) is 13.7. The van der Waals surface area contributed by atoms with Crippen molar-refractivity contribution in [3.8, 4) is 5.75 Å². The summed E-state index contributed by atoms with van der Waals surface area (Å²) in [5.41, 5.74) is 1.30. The Morgan fingerprint density at radius 3 is 2.23 bits per heavy atom. The van der Waals surface area contributed by atoms with Crippen LogP contribution in [-0.4, -0.2) is 137 Å². The van der Waals surface area contributed by atoms with E-state index in [1.807, 2.05) is 24.0 Å². The molecular weight excluding hydrogens is 684 g/mol. The molecule has 0 aliphatic carbocycles. The van der Waals surface area contributed by atoms with Crippen molar-refractivity contribution in [2.75, 3.05) is 59.0 Å². The highest BCUT2D eigenvalue weighted by Crippen LogP contribution is 2.29. The van der Waals surface area contributed by atoms with Gasteiger partial charge in [-0.15, -0.1) is 0 Å². The first kappa shape index (κ1) is 39.3. The van der Waals surface area contributed by atoms with E-state index >= 15 is 0 Å². The Morgan fingerprint density at radius 2 is 1.53 bits per heavy atom. The van der Waals surface area contributed by atoms with Crippen LogP contribution in [0.1, 0.15) is 81.8 Å². The number of hydrogen-bond donors (Lipinski definition) is 1. The molecule has 0 saturated carbocycles. The van der Waals surface area contributed by atoms with Gasteiger partial charge >= 0.3 is 12.1 Å². The van der Waals surface area contributed by atoms with Crippen LogP contribution in [0.15, 0.2) is 24.3 Å². The SMILES string of the molecule is CCOC(=O)CC[C@H](NC(=O)c1cc(O[C@H](C)C(=O)N2CCC[C@H]2C(=O)N2CCCCC2)c2ccc(C)cc2n1)C(=O)N1CCN(C(=O)OCC)CC1. The molecule has 0 radical (unpaired) electrons. The number of amides is 5. The average molecular weight is 737 g/mol. The number of nitrogens with zero attached hydrogens (tertiary/aromatic N) is 5. The van der Waals surface area contributed by atoms with Crippen LogP contribution in [0.2, 0.25) is 0 Å². The number of pyridine rings is 1. The number of benzene rings is 1. The van der Waals surface area contributed by atoms with E-state index in [0.717, 1.165) is 31.2 Å². The van der Waals surface area contributed by atoms with E-state index in [2.05, 4.69) is 10.3 Å². The van der Waals surface area contributed by atoms with Crippen molar-refractivity contribution >= 4 is 46.6 Å². The van der Waals surface area contributed by atoms with Gasteiger partial charge in [0.2, 0.25) is 11.8 Å². The Morgan fingerprint density at radius 1 is 0.830 bits per heavy atom. The van der Waals surface area contributed by atoms with E-state index in [-0.39, 0.29) is 75.5 Å². The first-order chi connectivity index (χ1) is 25.5. The first-order valence-electron chi connectivity index (χ1n) is 18.8. The number of ether oxygens (including phenoxy) is 3. The van der Waals surface area contributed by atoms with Crippen molar-refractivity contribution in [1.82, 2.24) is 29.9 Å². The number of carbonyl (C=O) groups is 6. The van der Waals surface area contributed by atoms with Crippen molar-refractivity contribution < 1.29 is 43.0 Å². The van der Waals surface area contributed by atoms with Gasteiger partial charge in [-0.2, -0.15) is 0 Å². The fourth-order valence-corrected chi connectivity index (χ4v) is 7.14. The van der Waals surface area contributed by atoms with Crippen molar-refractivity contribution in [2.45, 2.75) is 90.8 Å². The number of rotatable bonds is 12. The minimum atomic E-state index is -1.09. The second-order valence-electron chi connectivity index (χ2n) is 13.7. The smallest absolute Gasteiger partial charge is 0.409 e. The monoisotopic (exact) mass is 736 g/mol. The van der Waals surface area contributed by atoms with E-state index in [0.29, 0.717) is 37.0 Å². The highest BCUT2D eigenvalue weighted by molar-refractivity contribution is 6.00. The number of aryl methyl sites for hydroxylation is 1. The second kappa shape index (κ2) is 18.2. The third kappa shape index (κ3) is 9.73. The standard InChI is InChI=1S/C38H52N6O9/c1-5-51-33(45)15-14-28(36(48)42-19-21-43(22-20-42)38(50)52-6-2)40-34(46)30-24-32(27-13-12-25(3)23-29(27)39-30)53-26(4)35(47)44-18-10-11-31(44)37(49)41-16-8-7-9-17-41/h12-13,23-24,26,28,31H,5-11,14-22H2,1-4H3,(H,40,46)/t26-,28+,31+/m1/s1. The maximum atomic E-state index is 13.9. The van der Waals surface area contributed by atoms with Crippen LogP contribution in [0.5, 0.6) is 5.75 Å². The average Bonchev–Trinajstić information content (AvgIpc) is 3.66. The third-order valence-electron chi connectivity index (χ3n) is 9.96. The lowest BCUT2D eigenvalue weighted by atomic mass is 10.1. The summed E-state index contributed by atoms with van der Waals surface area (Å²) in [5.74, 6) is -1.65. The summed E-state index contributed by atoms with van der Waals surface area (Å²) in [7, 11) is 0. The van der Waals surface area contributed by atoms with Gasteiger partial charge < -0.3 is 39.1 Å². The molecular formula is C38H52N6O9. The fourth-order valence-electron chi connectivity index (χ4n) is 7.14. The number of likely N-dealkylation sites (tertiary alicyclic amines) is 2. The predicted octanol–water partition coefficient (Wildman–Crippen LogP) is 3.06. The summed E-state index contributed by atoms with van der Waals surface area (Å²) in [6, 6.07) is 5.31. The number of fused-ring (bicyclic) bond motifs is 1. The molecule has 4 heterocycles. The molecule has 0 spiro atoms. The first-order valence-corrected chi connectivity index (χ1v) is 18.8. The molecule has 3 atom stereocenters. The Bertz CT molecular complexity index is 1670. The van der Waals surface area contributed by atoms with Gasteiger partial charge in [0.15, 0.2) is 6.10 Å². The Labute approximate surface area is 310 Å². The van der Waals surface area contributed by atoms with E-state index < -0.39 is 42.1 Å². The van der Waals surface area contributed by atoms with Crippen molar-refractivity contribution in [2.24, 2.45) is 0 Å². The fraction of sp³-hybridized carbons (Fsp3) is 0.605. The molecule has 3 fully saturated rings. The minimum absolute atomic E-state index is 0.0144. The highest BCUT2D eigenvalue weighted by atomic mass is 16.6. The number of esters is 1. The molecule has 0 unspecified atom stereocenters. The van der Waals surface area contributed by atoms with Crippen LogP contribution in [0.4, 0.5) is 4.79 Å². The Kier molecular flexibility index (Phi) is 13.5. The van der Waals surface area contributed by atoms with Crippen molar-refractivity contribution in [3.05, 3.63) is 35.5 Å². The minimum Gasteiger partial charge on any atom is -0.480 e. The summed E-state index contributed by atoms with van der Waals surface area (Å²) in [4.78, 5) is 90.6. The van der Waals surface area contributed by atoms with Gasteiger partial charge in [0.25, 0.3) is 11.8 Å².